The zero-order chi connectivity index (χ0) is 11.2. The predicted octanol–water partition coefficient (Wildman–Crippen LogP) is 4.81. The third-order valence-electron chi connectivity index (χ3n) is 6.61. The molecule has 6 atom stereocenters. The Balaban J connectivity index is 1.52. The van der Waals surface area contributed by atoms with E-state index in [0.29, 0.717) is 0 Å². The molecule has 0 aromatic rings. The maximum Gasteiger partial charge on any atom is -0.0196 e. The summed E-state index contributed by atoms with van der Waals surface area (Å²) in [5, 5.41) is 0. The van der Waals surface area contributed by atoms with Crippen LogP contribution in [0, 0.1) is 35.5 Å². The maximum absolute atomic E-state index is 2.56. The van der Waals surface area contributed by atoms with E-state index in [1.807, 2.05) is 0 Å². The molecule has 3 fully saturated rings. The quantitative estimate of drug-likeness (QED) is 0.524. The molecule has 3 saturated carbocycles. The van der Waals surface area contributed by atoms with E-state index in [0.717, 1.165) is 35.5 Å². The van der Waals surface area contributed by atoms with Gasteiger partial charge in [0.1, 0.15) is 0 Å². The summed E-state index contributed by atoms with van der Waals surface area (Å²) in [5.74, 6) is 6.40. The largest absolute Gasteiger partial charge is 0.0848 e. The number of fused-ring (bicyclic) bond motifs is 6. The minimum absolute atomic E-state index is 0.991. The Morgan fingerprint density at radius 3 is 1.65 bits per heavy atom. The van der Waals surface area contributed by atoms with Crippen molar-refractivity contribution in [3.05, 3.63) is 12.2 Å². The minimum Gasteiger partial charge on any atom is -0.0848 e. The van der Waals surface area contributed by atoms with Gasteiger partial charge in [0.25, 0.3) is 0 Å². The van der Waals surface area contributed by atoms with Gasteiger partial charge in [-0.3, -0.25) is 0 Å². The summed E-state index contributed by atoms with van der Waals surface area (Å²) in [6.45, 7) is 0. The van der Waals surface area contributed by atoms with Crippen LogP contribution in [0.5, 0.6) is 0 Å². The van der Waals surface area contributed by atoms with Crippen LogP contribution in [0.1, 0.15) is 57.8 Å². The van der Waals surface area contributed by atoms with E-state index in [2.05, 4.69) is 12.2 Å². The minimum atomic E-state index is 0.991. The molecule has 0 radical (unpaired) electrons. The zero-order valence-corrected chi connectivity index (χ0v) is 11.0. The van der Waals surface area contributed by atoms with Crippen molar-refractivity contribution in [2.75, 3.05) is 0 Å². The van der Waals surface area contributed by atoms with Crippen LogP contribution < -0.4 is 0 Å². The highest BCUT2D eigenvalue weighted by Crippen LogP contribution is 2.54. The molecule has 4 aliphatic rings. The van der Waals surface area contributed by atoms with Gasteiger partial charge < -0.3 is 0 Å². The van der Waals surface area contributed by atoms with Crippen molar-refractivity contribution in [2.45, 2.75) is 57.8 Å². The van der Waals surface area contributed by atoms with Crippen LogP contribution in [0.2, 0.25) is 0 Å². The summed E-state index contributed by atoms with van der Waals surface area (Å²) in [4.78, 5) is 0. The molecule has 4 rings (SSSR count). The Kier molecular flexibility index (Phi) is 2.59. The van der Waals surface area contributed by atoms with Crippen molar-refractivity contribution in [2.24, 2.45) is 35.5 Å². The second-order valence-electron chi connectivity index (χ2n) is 7.24. The number of hydrogen-bond acceptors (Lipinski definition) is 0. The van der Waals surface area contributed by atoms with Gasteiger partial charge in [-0.2, -0.15) is 0 Å². The molecular formula is C17H26. The molecule has 4 aliphatic carbocycles. The van der Waals surface area contributed by atoms with Gasteiger partial charge in [0.05, 0.1) is 0 Å². The Bertz CT molecular complexity index is 286. The molecule has 0 nitrogen and oxygen atoms in total. The van der Waals surface area contributed by atoms with Gasteiger partial charge in [-0.1, -0.05) is 37.8 Å². The van der Waals surface area contributed by atoms with Crippen molar-refractivity contribution < 1.29 is 0 Å². The molecule has 0 spiro atoms. The standard InChI is InChI=1S/C17H26/c1-2-4-13-8-10-17-15-6-5-14(11-15)16(17)9-7-12(13)3-1/h5-6,12-17H,1-4,7-11H2. The summed E-state index contributed by atoms with van der Waals surface area (Å²) >= 11 is 0. The summed E-state index contributed by atoms with van der Waals surface area (Å²) < 4.78 is 0. The molecular weight excluding hydrogens is 204 g/mol. The van der Waals surface area contributed by atoms with Gasteiger partial charge in [-0.15, -0.1) is 0 Å². The molecule has 94 valence electrons. The first-order chi connectivity index (χ1) is 8.42. The van der Waals surface area contributed by atoms with Crippen molar-refractivity contribution in [1.29, 1.82) is 0 Å². The van der Waals surface area contributed by atoms with Crippen molar-refractivity contribution >= 4 is 0 Å². The fraction of sp³-hybridized carbons (Fsp3) is 0.882. The maximum atomic E-state index is 2.56. The van der Waals surface area contributed by atoms with Crippen molar-refractivity contribution in [1.82, 2.24) is 0 Å². The van der Waals surface area contributed by atoms with Crippen LogP contribution in [0.3, 0.4) is 0 Å². The van der Waals surface area contributed by atoms with Crippen LogP contribution in [0.15, 0.2) is 12.2 Å². The lowest BCUT2D eigenvalue weighted by Crippen LogP contribution is -2.28. The third-order valence-corrected chi connectivity index (χ3v) is 6.61. The fourth-order valence-corrected chi connectivity index (χ4v) is 5.74. The van der Waals surface area contributed by atoms with Gasteiger partial charge in [-0.05, 0) is 67.6 Å². The third kappa shape index (κ3) is 1.71. The average Bonchev–Trinajstić information content (AvgIpc) is 2.91. The highest BCUT2D eigenvalue weighted by atomic mass is 14.5. The summed E-state index contributed by atoms with van der Waals surface area (Å²) in [5.41, 5.74) is 0. The molecule has 0 saturated heterocycles. The Morgan fingerprint density at radius 2 is 1.12 bits per heavy atom. The molecule has 2 bridgehead atoms. The molecule has 0 heterocycles. The van der Waals surface area contributed by atoms with E-state index in [1.54, 1.807) is 38.5 Å². The van der Waals surface area contributed by atoms with E-state index >= 15 is 0 Å². The smallest absolute Gasteiger partial charge is 0.0196 e. The Hall–Kier alpha value is -0.260. The monoisotopic (exact) mass is 230 g/mol. The molecule has 0 aliphatic heterocycles. The van der Waals surface area contributed by atoms with Gasteiger partial charge in [0, 0.05) is 0 Å². The molecule has 0 heteroatoms. The predicted molar refractivity (Wildman–Crippen MR) is 71.6 cm³/mol. The number of hydrogen-bond donors (Lipinski definition) is 0. The van der Waals surface area contributed by atoms with E-state index < -0.39 is 0 Å². The number of allylic oxidation sites excluding steroid dienone is 2. The van der Waals surface area contributed by atoms with Crippen molar-refractivity contribution in [3.8, 4) is 0 Å². The Morgan fingerprint density at radius 1 is 0.588 bits per heavy atom. The second kappa shape index (κ2) is 4.14. The first-order valence-electron chi connectivity index (χ1n) is 8.10. The van der Waals surface area contributed by atoms with Gasteiger partial charge in [0.2, 0.25) is 0 Å². The average molecular weight is 230 g/mol. The van der Waals surface area contributed by atoms with E-state index in [1.165, 1.54) is 19.3 Å². The van der Waals surface area contributed by atoms with Crippen LogP contribution in [0.4, 0.5) is 0 Å². The SMILES string of the molecule is C1=CC2CC1C1CCC3CCCCC3CCC21. The van der Waals surface area contributed by atoms with Crippen LogP contribution >= 0.6 is 0 Å². The first-order valence-corrected chi connectivity index (χ1v) is 8.10. The van der Waals surface area contributed by atoms with Crippen LogP contribution in [0.25, 0.3) is 0 Å². The summed E-state index contributed by atoms with van der Waals surface area (Å²) in [6.07, 6.45) is 19.1. The van der Waals surface area contributed by atoms with E-state index in [-0.39, 0.29) is 0 Å². The molecule has 6 unspecified atom stereocenters. The molecule has 0 N–H and O–H groups in total. The lowest BCUT2D eigenvalue weighted by atomic mass is 9.67. The zero-order valence-electron chi connectivity index (χ0n) is 11.0. The summed E-state index contributed by atoms with van der Waals surface area (Å²) in [6, 6.07) is 0. The van der Waals surface area contributed by atoms with Gasteiger partial charge in [-0.25, -0.2) is 0 Å². The lowest BCUT2D eigenvalue weighted by Gasteiger charge is -2.39. The second-order valence-corrected chi connectivity index (χ2v) is 7.24. The summed E-state index contributed by atoms with van der Waals surface area (Å²) in [7, 11) is 0. The van der Waals surface area contributed by atoms with E-state index in [4.69, 9.17) is 0 Å². The van der Waals surface area contributed by atoms with Crippen LogP contribution in [-0.2, 0) is 0 Å². The fourth-order valence-electron chi connectivity index (χ4n) is 5.74. The Labute approximate surface area is 106 Å². The molecule has 0 aromatic carbocycles. The highest BCUT2D eigenvalue weighted by molar-refractivity contribution is 5.13. The topological polar surface area (TPSA) is 0 Å². The van der Waals surface area contributed by atoms with Gasteiger partial charge in [0.15, 0.2) is 0 Å². The molecule has 0 amide bonds. The number of rotatable bonds is 0. The highest BCUT2D eigenvalue weighted by Gasteiger charge is 2.45. The molecule has 0 aromatic heterocycles. The van der Waals surface area contributed by atoms with Crippen molar-refractivity contribution in [3.63, 3.8) is 0 Å². The lowest BCUT2D eigenvalue weighted by molar-refractivity contribution is 0.135. The molecule has 17 heavy (non-hydrogen) atoms. The van der Waals surface area contributed by atoms with Gasteiger partial charge >= 0.3 is 0 Å². The normalized spacial score (nSPS) is 52.7. The first kappa shape index (κ1) is 10.6. The van der Waals surface area contributed by atoms with Crippen LogP contribution in [-0.4, -0.2) is 0 Å². The van der Waals surface area contributed by atoms with E-state index in [9.17, 15) is 0 Å².